The van der Waals surface area contributed by atoms with Crippen molar-refractivity contribution >= 4 is 5.97 Å². The van der Waals surface area contributed by atoms with E-state index in [0.717, 1.165) is 28.0 Å². The molecule has 1 unspecified atom stereocenters. The topological polar surface area (TPSA) is 76.0 Å². The van der Waals surface area contributed by atoms with E-state index in [9.17, 15) is 15.0 Å². The van der Waals surface area contributed by atoms with E-state index in [1.807, 2.05) is 82.3 Å². The van der Waals surface area contributed by atoms with Gasteiger partial charge in [-0.15, -0.1) is 0 Å². The number of hydrogen-bond donors (Lipinski definition) is 2. The minimum absolute atomic E-state index is 0.149. The van der Waals surface area contributed by atoms with Crippen LogP contribution in [0, 0.1) is 12.3 Å². The van der Waals surface area contributed by atoms with Crippen molar-refractivity contribution in [2.75, 3.05) is 6.61 Å². The summed E-state index contributed by atoms with van der Waals surface area (Å²) in [7, 11) is 0. The summed E-state index contributed by atoms with van der Waals surface area (Å²) in [6, 6.07) is 20.8. The number of rotatable bonds is 9. The Kier molecular flexibility index (Phi) is 7.77. The van der Waals surface area contributed by atoms with Crippen molar-refractivity contribution in [3.05, 3.63) is 94.5 Å². The largest absolute Gasteiger partial charge is 0.491 e. The Labute approximate surface area is 195 Å². The number of ether oxygens (including phenoxy) is 2. The molecule has 0 heterocycles. The number of aliphatic hydroxyl groups excluding tert-OH is 1. The first-order valence-electron chi connectivity index (χ1n) is 11.1. The first kappa shape index (κ1) is 24.3. The van der Waals surface area contributed by atoms with Crippen LogP contribution >= 0.6 is 0 Å². The Morgan fingerprint density at radius 3 is 2.12 bits per heavy atom. The van der Waals surface area contributed by atoms with E-state index in [1.54, 1.807) is 12.1 Å². The van der Waals surface area contributed by atoms with Gasteiger partial charge in [0.1, 0.15) is 30.3 Å². The Hall–Kier alpha value is -3.31. The zero-order valence-corrected chi connectivity index (χ0v) is 19.7. The van der Waals surface area contributed by atoms with E-state index in [2.05, 4.69) is 0 Å². The highest BCUT2D eigenvalue weighted by atomic mass is 16.5. The van der Waals surface area contributed by atoms with Crippen molar-refractivity contribution in [2.45, 2.75) is 46.8 Å². The van der Waals surface area contributed by atoms with Gasteiger partial charge in [-0.2, -0.15) is 0 Å². The lowest BCUT2D eigenvalue weighted by molar-refractivity contribution is 0.0216. The number of carboxylic acid groups (broad SMARTS) is 1. The normalized spacial score (nSPS) is 12.3. The fraction of sp³-hybridized carbons (Fsp3) is 0.321. The molecule has 174 valence electrons. The lowest BCUT2D eigenvalue weighted by Crippen LogP contribution is -2.32. The van der Waals surface area contributed by atoms with Crippen LogP contribution in [-0.4, -0.2) is 28.9 Å². The van der Waals surface area contributed by atoms with Crippen molar-refractivity contribution < 1.29 is 24.5 Å². The first-order valence-corrected chi connectivity index (χ1v) is 11.1. The van der Waals surface area contributed by atoms with Crippen molar-refractivity contribution in [1.29, 1.82) is 0 Å². The predicted octanol–water partition coefficient (Wildman–Crippen LogP) is 5.65. The third kappa shape index (κ3) is 6.83. The van der Waals surface area contributed by atoms with Crippen LogP contribution in [0.1, 0.15) is 53.4 Å². The van der Waals surface area contributed by atoms with Gasteiger partial charge in [0.25, 0.3) is 0 Å². The minimum atomic E-state index is -1.02. The molecule has 0 amide bonds. The maximum Gasteiger partial charge on any atom is 0.339 e. The van der Waals surface area contributed by atoms with E-state index in [4.69, 9.17) is 9.47 Å². The van der Waals surface area contributed by atoms with E-state index in [-0.39, 0.29) is 17.6 Å². The summed E-state index contributed by atoms with van der Waals surface area (Å²) in [6.07, 6.45) is 0.0268. The quantitative estimate of drug-likeness (QED) is 0.442. The highest BCUT2D eigenvalue weighted by Gasteiger charge is 2.23. The third-order valence-corrected chi connectivity index (χ3v) is 5.56. The van der Waals surface area contributed by atoms with Crippen LogP contribution in [0.5, 0.6) is 11.5 Å². The summed E-state index contributed by atoms with van der Waals surface area (Å²) in [5.41, 5.74) is 3.78. The van der Waals surface area contributed by atoms with Crippen LogP contribution in [0.3, 0.4) is 0 Å². The SMILES string of the molecule is Cc1cc(Cc2ccc(OCc3ccccc3)c(C(=O)O)c2)ccc1OCC(O)C(C)(C)C. The van der Waals surface area contributed by atoms with Crippen LogP contribution < -0.4 is 9.47 Å². The van der Waals surface area contributed by atoms with Crippen LogP contribution in [0.25, 0.3) is 0 Å². The second-order valence-electron chi connectivity index (χ2n) is 9.38. The second-order valence-corrected chi connectivity index (χ2v) is 9.38. The maximum absolute atomic E-state index is 11.8. The molecule has 0 saturated carbocycles. The number of carbonyl (C=O) groups is 1. The lowest BCUT2D eigenvalue weighted by atomic mass is 9.90. The van der Waals surface area contributed by atoms with E-state index >= 15 is 0 Å². The van der Waals surface area contributed by atoms with Gasteiger partial charge >= 0.3 is 5.97 Å². The van der Waals surface area contributed by atoms with Gasteiger partial charge in [-0.3, -0.25) is 0 Å². The Balaban J connectivity index is 1.69. The summed E-state index contributed by atoms with van der Waals surface area (Å²) < 4.78 is 11.6. The van der Waals surface area contributed by atoms with Crippen LogP contribution in [0.2, 0.25) is 0 Å². The monoisotopic (exact) mass is 448 g/mol. The molecule has 5 nitrogen and oxygen atoms in total. The second kappa shape index (κ2) is 10.5. The van der Waals surface area contributed by atoms with Crippen LogP contribution in [0.4, 0.5) is 0 Å². The number of benzene rings is 3. The van der Waals surface area contributed by atoms with Crippen molar-refractivity contribution in [3.63, 3.8) is 0 Å². The van der Waals surface area contributed by atoms with Crippen molar-refractivity contribution in [3.8, 4) is 11.5 Å². The fourth-order valence-electron chi connectivity index (χ4n) is 3.35. The molecule has 3 rings (SSSR count). The Bertz CT molecular complexity index is 1080. The van der Waals surface area contributed by atoms with Gasteiger partial charge in [-0.1, -0.05) is 69.3 Å². The molecule has 3 aromatic rings. The first-order chi connectivity index (χ1) is 15.6. The van der Waals surface area contributed by atoms with Crippen molar-refractivity contribution in [1.82, 2.24) is 0 Å². The molecule has 0 aromatic heterocycles. The number of aliphatic hydroxyl groups is 1. The van der Waals surface area contributed by atoms with Crippen molar-refractivity contribution in [2.24, 2.45) is 5.41 Å². The number of aromatic carboxylic acids is 1. The zero-order chi connectivity index (χ0) is 24.0. The number of aryl methyl sites for hydroxylation is 1. The van der Waals surface area contributed by atoms with Gasteiger partial charge in [0.2, 0.25) is 0 Å². The van der Waals surface area contributed by atoms with E-state index in [0.29, 0.717) is 18.8 Å². The molecule has 0 radical (unpaired) electrons. The predicted molar refractivity (Wildman–Crippen MR) is 129 cm³/mol. The zero-order valence-electron chi connectivity index (χ0n) is 19.7. The third-order valence-electron chi connectivity index (χ3n) is 5.56. The molecule has 0 aliphatic rings. The van der Waals surface area contributed by atoms with Gasteiger partial charge in [0.15, 0.2) is 0 Å². The summed E-state index contributed by atoms with van der Waals surface area (Å²) in [6.45, 7) is 8.42. The molecular weight excluding hydrogens is 416 g/mol. The number of carboxylic acids is 1. The van der Waals surface area contributed by atoms with Gasteiger partial charge in [0, 0.05) is 0 Å². The highest BCUT2D eigenvalue weighted by molar-refractivity contribution is 5.91. The maximum atomic E-state index is 11.8. The molecule has 2 N–H and O–H groups in total. The number of hydrogen-bond acceptors (Lipinski definition) is 4. The molecule has 0 spiro atoms. The van der Waals surface area contributed by atoms with Gasteiger partial charge in [0.05, 0.1) is 6.10 Å². The minimum Gasteiger partial charge on any atom is -0.491 e. The lowest BCUT2D eigenvalue weighted by Gasteiger charge is -2.26. The molecular formula is C28H32O5. The Morgan fingerprint density at radius 1 is 0.879 bits per heavy atom. The van der Waals surface area contributed by atoms with Crippen LogP contribution in [0.15, 0.2) is 66.7 Å². The molecule has 0 aliphatic heterocycles. The highest BCUT2D eigenvalue weighted by Crippen LogP contribution is 2.26. The molecule has 3 aromatic carbocycles. The summed E-state index contributed by atoms with van der Waals surface area (Å²) >= 11 is 0. The average molecular weight is 449 g/mol. The molecule has 0 aliphatic carbocycles. The molecule has 0 saturated heterocycles. The van der Waals surface area contributed by atoms with Gasteiger partial charge in [-0.25, -0.2) is 4.79 Å². The van der Waals surface area contributed by atoms with Gasteiger partial charge in [-0.05, 0) is 59.2 Å². The molecule has 0 fully saturated rings. The smallest absolute Gasteiger partial charge is 0.339 e. The summed E-state index contributed by atoms with van der Waals surface area (Å²) in [4.78, 5) is 11.8. The molecule has 5 heteroatoms. The summed E-state index contributed by atoms with van der Waals surface area (Å²) in [5, 5.41) is 19.9. The molecule has 1 atom stereocenters. The van der Waals surface area contributed by atoms with Crippen LogP contribution in [-0.2, 0) is 13.0 Å². The standard InChI is InChI=1S/C28H32O5/c1-19-14-21(10-12-24(19)33-18-26(29)28(2,3)4)15-22-11-13-25(23(16-22)27(30)31)32-17-20-8-6-5-7-9-20/h5-14,16,26,29H,15,17-18H2,1-4H3,(H,30,31). The van der Waals surface area contributed by atoms with E-state index < -0.39 is 12.1 Å². The fourth-order valence-corrected chi connectivity index (χ4v) is 3.35. The molecule has 33 heavy (non-hydrogen) atoms. The van der Waals surface area contributed by atoms with Gasteiger partial charge < -0.3 is 19.7 Å². The Morgan fingerprint density at radius 2 is 1.52 bits per heavy atom. The average Bonchev–Trinajstić information content (AvgIpc) is 2.77. The van der Waals surface area contributed by atoms with E-state index in [1.165, 1.54) is 0 Å². The molecule has 0 bridgehead atoms. The summed E-state index contributed by atoms with van der Waals surface area (Å²) in [5.74, 6) is 0.0719.